The largest absolute Gasteiger partial charge is 0.495 e. The Morgan fingerprint density at radius 2 is 0.389 bits per heavy atom. The van der Waals surface area contributed by atoms with Crippen LogP contribution in [0.2, 0.25) is 0 Å². The van der Waals surface area contributed by atoms with Gasteiger partial charge < -0.3 is 38.5 Å². The molecule has 10 aromatic rings. The van der Waals surface area contributed by atoms with Crippen LogP contribution in [-0.2, 0) is 0 Å². The van der Waals surface area contributed by atoms with Crippen molar-refractivity contribution < 1.29 is 18.9 Å². The Morgan fingerprint density at radius 3 is 0.639 bits per heavy atom. The van der Waals surface area contributed by atoms with E-state index in [1.165, 1.54) is 0 Å². The second-order valence-corrected chi connectivity index (χ2v) is 16.8. The topological polar surface area (TPSA) is 49.9 Å². The van der Waals surface area contributed by atoms with Crippen molar-refractivity contribution in [1.29, 1.82) is 0 Å². The molecule has 0 aliphatic carbocycles. The summed E-state index contributed by atoms with van der Waals surface area (Å²) in [5.41, 5.74) is 14.0. The van der Waals surface area contributed by atoms with Gasteiger partial charge in [0.2, 0.25) is 0 Å². The maximum atomic E-state index is 5.86. The lowest BCUT2D eigenvalue weighted by Crippen LogP contribution is -2.13. The van der Waals surface area contributed by atoms with Crippen molar-refractivity contribution in [2.24, 2.45) is 0 Å². The zero-order valence-corrected chi connectivity index (χ0v) is 40.7. The Hall–Kier alpha value is -9.40. The van der Waals surface area contributed by atoms with Gasteiger partial charge in [0.15, 0.2) is 0 Å². The molecule has 10 rings (SSSR count). The molecule has 0 aliphatic rings. The molecule has 8 heteroatoms. The minimum absolute atomic E-state index is 0.755. The third kappa shape index (κ3) is 9.49. The molecule has 0 saturated heterocycles. The molecule has 72 heavy (non-hydrogen) atoms. The molecule has 0 amide bonds. The summed E-state index contributed by atoms with van der Waals surface area (Å²) in [4.78, 5) is 8.90. The maximum Gasteiger partial charge on any atom is 0.142 e. The van der Waals surface area contributed by atoms with Crippen LogP contribution in [0.5, 0.6) is 23.0 Å². The van der Waals surface area contributed by atoms with Gasteiger partial charge in [0, 0.05) is 45.5 Å². The molecule has 0 atom stereocenters. The third-order valence-corrected chi connectivity index (χ3v) is 12.6. The number of hydrogen-bond donors (Lipinski definition) is 0. The van der Waals surface area contributed by atoms with Crippen molar-refractivity contribution in [3.63, 3.8) is 0 Å². The number of ether oxygens (including phenoxy) is 4. The smallest absolute Gasteiger partial charge is 0.142 e. The van der Waals surface area contributed by atoms with Crippen LogP contribution < -0.4 is 38.5 Å². The van der Waals surface area contributed by atoms with E-state index in [2.05, 4.69) is 189 Å². The van der Waals surface area contributed by atoms with Gasteiger partial charge in [-0.15, -0.1) is 0 Å². The van der Waals surface area contributed by atoms with Crippen LogP contribution in [0.1, 0.15) is 0 Å². The Balaban J connectivity index is 0.951. The van der Waals surface area contributed by atoms with E-state index in [9.17, 15) is 0 Å². The number of rotatable bonds is 17. The average Bonchev–Trinajstić information content (AvgIpc) is 3.45. The van der Waals surface area contributed by atoms with Gasteiger partial charge in [0.25, 0.3) is 0 Å². The number of hydrogen-bond acceptors (Lipinski definition) is 8. The van der Waals surface area contributed by atoms with Gasteiger partial charge in [-0.05, 0) is 157 Å². The highest BCUT2D eigenvalue weighted by Gasteiger charge is 2.23. The summed E-state index contributed by atoms with van der Waals surface area (Å²) in [6.45, 7) is 0. The van der Waals surface area contributed by atoms with Crippen molar-refractivity contribution >= 4 is 68.2 Å². The second kappa shape index (κ2) is 21.5. The van der Waals surface area contributed by atoms with Gasteiger partial charge >= 0.3 is 0 Å². The molecule has 0 heterocycles. The molecule has 0 radical (unpaired) electrons. The number of methoxy groups -OCH3 is 4. The number of para-hydroxylation sites is 10. The first kappa shape index (κ1) is 46.3. The minimum Gasteiger partial charge on any atom is -0.495 e. The molecule has 0 aliphatic heterocycles. The van der Waals surface area contributed by atoms with Crippen LogP contribution >= 0.6 is 0 Å². The molecular weight excluding hydrogens is 889 g/mol. The van der Waals surface area contributed by atoms with Crippen LogP contribution in [0.3, 0.4) is 0 Å². The van der Waals surface area contributed by atoms with Gasteiger partial charge in [-0.1, -0.05) is 109 Å². The first-order valence-electron chi connectivity index (χ1n) is 23.8. The first-order chi connectivity index (χ1) is 35.6. The lowest BCUT2D eigenvalue weighted by atomic mass is 10.0. The molecule has 0 unspecified atom stereocenters. The van der Waals surface area contributed by atoms with Crippen molar-refractivity contribution in [1.82, 2.24) is 0 Å². The average molecular weight is 943 g/mol. The van der Waals surface area contributed by atoms with Gasteiger partial charge in [0.1, 0.15) is 23.0 Å². The number of benzene rings is 10. The molecule has 0 bridgehead atoms. The van der Waals surface area contributed by atoms with E-state index in [-0.39, 0.29) is 0 Å². The molecule has 0 aromatic heterocycles. The van der Waals surface area contributed by atoms with Crippen molar-refractivity contribution in [3.05, 3.63) is 255 Å². The van der Waals surface area contributed by atoms with Crippen LogP contribution in [0, 0.1) is 0 Å². The Morgan fingerprint density at radius 1 is 0.194 bits per heavy atom. The third-order valence-electron chi connectivity index (χ3n) is 12.6. The Kier molecular flexibility index (Phi) is 13.8. The summed E-state index contributed by atoms with van der Waals surface area (Å²) in [6, 6.07) is 87.9. The zero-order chi connectivity index (χ0) is 49.2. The van der Waals surface area contributed by atoms with E-state index in [4.69, 9.17) is 18.9 Å². The summed E-state index contributed by atoms with van der Waals surface area (Å²) in [5, 5.41) is 0. The van der Waals surface area contributed by atoms with Crippen LogP contribution in [0.25, 0.3) is 11.1 Å². The monoisotopic (exact) mass is 942 g/mol. The normalized spacial score (nSPS) is 10.8. The van der Waals surface area contributed by atoms with E-state index < -0.39 is 0 Å². The highest BCUT2D eigenvalue weighted by atomic mass is 16.5. The number of anilines is 12. The SMILES string of the molecule is COc1ccccc1N(c1ccc(N(c2ccccc2)c2ccc(-c3ccc(N(c4ccccc4)c4ccc(N(c5ccccc5OC)c5ccccc5OC)cc4)cc3)cc2)cc1)c1ccccc1OC. The van der Waals surface area contributed by atoms with Crippen molar-refractivity contribution in [3.8, 4) is 34.1 Å². The van der Waals surface area contributed by atoms with Crippen LogP contribution in [-0.4, -0.2) is 28.4 Å². The fourth-order valence-electron chi connectivity index (χ4n) is 9.23. The fourth-order valence-corrected chi connectivity index (χ4v) is 9.23. The van der Waals surface area contributed by atoms with Gasteiger partial charge in [-0.2, -0.15) is 0 Å². The predicted octanol–water partition coefficient (Wildman–Crippen LogP) is 17.3. The van der Waals surface area contributed by atoms with Gasteiger partial charge in [0.05, 0.1) is 51.2 Å². The van der Waals surface area contributed by atoms with E-state index in [1.807, 2.05) is 84.9 Å². The number of nitrogens with zero attached hydrogens (tertiary/aromatic N) is 4. The fraction of sp³-hybridized carbons (Fsp3) is 0.0625. The van der Waals surface area contributed by atoms with Gasteiger partial charge in [-0.3, -0.25) is 0 Å². The highest BCUT2D eigenvalue weighted by molar-refractivity contribution is 5.87. The van der Waals surface area contributed by atoms with E-state index in [0.29, 0.717) is 0 Å². The molecule has 0 N–H and O–H groups in total. The van der Waals surface area contributed by atoms with Crippen molar-refractivity contribution in [2.45, 2.75) is 0 Å². The molecule has 354 valence electrons. The lowest BCUT2D eigenvalue weighted by Gasteiger charge is -2.30. The molecular formula is C64H54N4O4. The quantitative estimate of drug-likeness (QED) is 0.0895. The molecule has 0 saturated carbocycles. The Labute approximate surface area is 422 Å². The molecule has 0 spiro atoms. The summed E-state index contributed by atoms with van der Waals surface area (Å²) >= 11 is 0. The van der Waals surface area contributed by atoms with Crippen LogP contribution in [0.4, 0.5) is 68.2 Å². The maximum absolute atomic E-state index is 5.86. The molecule has 10 aromatic carbocycles. The summed E-state index contributed by atoms with van der Waals surface area (Å²) < 4.78 is 23.4. The standard InChI is InChI=1S/C64H54N4O4/c1-69-61-27-15-11-23-57(61)67(58-24-12-16-28-62(58)70-2)55-43-39-53(40-44-55)65(49-19-7-5-8-20-49)51-35-31-47(32-36-51)48-33-37-52(38-34-48)66(50-21-9-6-10-22-50)54-41-45-56(46-42-54)68(59-25-13-17-29-63(59)71-3)60-26-14-18-30-64(60)72-4/h5-46H,1-4H3. The minimum atomic E-state index is 0.755. The zero-order valence-electron chi connectivity index (χ0n) is 40.7. The summed E-state index contributed by atoms with van der Waals surface area (Å²) in [6.07, 6.45) is 0. The van der Waals surface area contributed by atoms with E-state index >= 15 is 0 Å². The van der Waals surface area contributed by atoms with E-state index in [0.717, 1.165) is 102 Å². The molecule has 8 nitrogen and oxygen atoms in total. The molecule has 0 fully saturated rings. The second-order valence-electron chi connectivity index (χ2n) is 16.8. The highest BCUT2D eigenvalue weighted by Crippen LogP contribution is 2.47. The Bertz CT molecular complexity index is 3030. The van der Waals surface area contributed by atoms with Crippen LogP contribution in [0.15, 0.2) is 255 Å². The predicted molar refractivity (Wildman–Crippen MR) is 297 cm³/mol. The summed E-state index contributed by atoms with van der Waals surface area (Å²) in [5.74, 6) is 3.02. The summed E-state index contributed by atoms with van der Waals surface area (Å²) in [7, 11) is 6.80. The lowest BCUT2D eigenvalue weighted by molar-refractivity contribution is 0.412. The first-order valence-corrected chi connectivity index (χ1v) is 23.8. The van der Waals surface area contributed by atoms with Crippen molar-refractivity contribution in [2.75, 3.05) is 48.0 Å². The van der Waals surface area contributed by atoms with E-state index in [1.54, 1.807) is 28.4 Å². The van der Waals surface area contributed by atoms with Gasteiger partial charge in [-0.25, -0.2) is 0 Å².